The van der Waals surface area contributed by atoms with E-state index in [2.05, 4.69) is 4.98 Å². The van der Waals surface area contributed by atoms with Crippen molar-refractivity contribution in [3.63, 3.8) is 0 Å². The van der Waals surface area contributed by atoms with Gasteiger partial charge in [-0.05, 0) is 31.4 Å². The zero-order valence-corrected chi connectivity index (χ0v) is 8.76. The second-order valence-electron chi connectivity index (χ2n) is 3.99. The molecule has 1 heterocycles. The Morgan fingerprint density at radius 2 is 2.27 bits per heavy atom. The second-order valence-corrected chi connectivity index (χ2v) is 3.99. The Labute approximate surface area is 88.3 Å². The normalized spacial score (nSPS) is 13.3. The number of H-pyrrole nitrogens is 1. The van der Waals surface area contributed by atoms with Crippen LogP contribution in [-0.4, -0.2) is 11.0 Å². The maximum absolute atomic E-state index is 13.3. The summed E-state index contributed by atoms with van der Waals surface area (Å²) >= 11 is 0. The fourth-order valence-corrected chi connectivity index (χ4v) is 1.77. The van der Waals surface area contributed by atoms with Crippen LogP contribution in [0.3, 0.4) is 0 Å². The highest BCUT2D eigenvalue weighted by Gasteiger charge is 2.07. The molecule has 3 heteroatoms. The van der Waals surface area contributed by atoms with Gasteiger partial charge in [-0.15, -0.1) is 0 Å². The summed E-state index contributed by atoms with van der Waals surface area (Å²) in [6.07, 6.45) is 3.68. The number of hydrogen-bond acceptors (Lipinski definition) is 1. The van der Waals surface area contributed by atoms with Gasteiger partial charge in [0.05, 0.1) is 5.52 Å². The SMILES string of the molecule is CC(N)CCc1c[nH]c2c(F)cccc12. The van der Waals surface area contributed by atoms with Crippen LogP contribution < -0.4 is 5.73 Å². The first-order valence-corrected chi connectivity index (χ1v) is 5.18. The van der Waals surface area contributed by atoms with Crippen LogP contribution in [0.4, 0.5) is 4.39 Å². The van der Waals surface area contributed by atoms with Crippen molar-refractivity contribution in [2.24, 2.45) is 5.73 Å². The Bertz CT molecular complexity index is 460. The third-order valence-electron chi connectivity index (χ3n) is 2.62. The zero-order chi connectivity index (χ0) is 10.8. The molecule has 0 aliphatic carbocycles. The molecule has 80 valence electrons. The van der Waals surface area contributed by atoms with Gasteiger partial charge in [-0.2, -0.15) is 0 Å². The van der Waals surface area contributed by atoms with Crippen molar-refractivity contribution in [2.45, 2.75) is 25.8 Å². The molecule has 0 aliphatic rings. The van der Waals surface area contributed by atoms with Crippen LogP contribution in [0.15, 0.2) is 24.4 Å². The number of hydrogen-bond donors (Lipinski definition) is 2. The van der Waals surface area contributed by atoms with Gasteiger partial charge in [-0.25, -0.2) is 4.39 Å². The van der Waals surface area contributed by atoms with E-state index in [0.717, 1.165) is 23.8 Å². The Morgan fingerprint density at radius 3 is 3.00 bits per heavy atom. The van der Waals surface area contributed by atoms with Crippen LogP contribution in [0.25, 0.3) is 10.9 Å². The van der Waals surface area contributed by atoms with E-state index >= 15 is 0 Å². The lowest BCUT2D eigenvalue weighted by molar-refractivity contribution is 0.637. The molecular weight excluding hydrogens is 191 g/mol. The topological polar surface area (TPSA) is 41.8 Å². The number of benzene rings is 1. The number of nitrogens with one attached hydrogen (secondary N) is 1. The minimum absolute atomic E-state index is 0.184. The van der Waals surface area contributed by atoms with Gasteiger partial charge in [0.15, 0.2) is 0 Å². The quantitative estimate of drug-likeness (QED) is 0.796. The Morgan fingerprint density at radius 1 is 1.47 bits per heavy atom. The highest BCUT2D eigenvalue weighted by Crippen LogP contribution is 2.21. The molecule has 2 nitrogen and oxygen atoms in total. The van der Waals surface area contributed by atoms with Crippen molar-refractivity contribution in [1.29, 1.82) is 0 Å². The minimum Gasteiger partial charge on any atom is -0.359 e. The summed E-state index contributed by atoms with van der Waals surface area (Å²) in [5, 5.41) is 0.968. The van der Waals surface area contributed by atoms with Crippen molar-refractivity contribution < 1.29 is 4.39 Å². The molecular formula is C12H15FN2. The predicted molar refractivity (Wildman–Crippen MR) is 60.2 cm³/mol. The third kappa shape index (κ3) is 2.02. The van der Waals surface area contributed by atoms with Crippen molar-refractivity contribution in [2.75, 3.05) is 0 Å². The van der Waals surface area contributed by atoms with Crippen molar-refractivity contribution in [3.8, 4) is 0 Å². The van der Waals surface area contributed by atoms with Gasteiger partial charge in [0.25, 0.3) is 0 Å². The summed E-state index contributed by atoms with van der Waals surface area (Å²) in [5.74, 6) is -0.195. The number of nitrogens with two attached hydrogens (primary N) is 1. The highest BCUT2D eigenvalue weighted by molar-refractivity contribution is 5.83. The van der Waals surface area contributed by atoms with E-state index in [-0.39, 0.29) is 11.9 Å². The number of halogens is 1. The Hall–Kier alpha value is -1.35. The van der Waals surface area contributed by atoms with Crippen LogP contribution in [0.2, 0.25) is 0 Å². The number of para-hydroxylation sites is 1. The van der Waals surface area contributed by atoms with Gasteiger partial charge in [-0.1, -0.05) is 12.1 Å². The fourth-order valence-electron chi connectivity index (χ4n) is 1.77. The summed E-state index contributed by atoms with van der Waals surface area (Å²) < 4.78 is 13.3. The van der Waals surface area contributed by atoms with E-state index in [0.29, 0.717) is 5.52 Å². The first-order chi connectivity index (χ1) is 7.18. The number of aryl methyl sites for hydroxylation is 1. The molecule has 0 fully saturated rings. The van der Waals surface area contributed by atoms with Crippen LogP contribution in [0, 0.1) is 5.82 Å². The second kappa shape index (κ2) is 4.03. The molecule has 15 heavy (non-hydrogen) atoms. The standard InChI is InChI=1S/C12H15FN2/c1-8(14)5-6-9-7-15-12-10(9)3-2-4-11(12)13/h2-4,7-8,15H,5-6,14H2,1H3. The third-order valence-corrected chi connectivity index (χ3v) is 2.62. The van der Waals surface area contributed by atoms with Gasteiger partial charge >= 0.3 is 0 Å². The maximum atomic E-state index is 13.3. The van der Waals surface area contributed by atoms with Crippen molar-refractivity contribution in [1.82, 2.24) is 4.98 Å². The largest absolute Gasteiger partial charge is 0.359 e. The molecule has 1 aromatic heterocycles. The van der Waals surface area contributed by atoms with Crippen molar-refractivity contribution >= 4 is 10.9 Å². The van der Waals surface area contributed by atoms with Gasteiger partial charge in [0.2, 0.25) is 0 Å². The minimum atomic E-state index is -0.195. The van der Waals surface area contributed by atoms with Gasteiger partial charge < -0.3 is 10.7 Å². The Kier molecular flexibility index (Phi) is 2.73. The summed E-state index contributed by atoms with van der Waals surface area (Å²) in [5.41, 5.74) is 7.43. The molecule has 1 atom stereocenters. The lowest BCUT2D eigenvalue weighted by atomic mass is 10.1. The van der Waals surface area contributed by atoms with Crippen LogP contribution in [0.5, 0.6) is 0 Å². The predicted octanol–water partition coefficient (Wildman–Crippen LogP) is 2.59. The monoisotopic (exact) mass is 206 g/mol. The first kappa shape index (κ1) is 10.2. The summed E-state index contributed by atoms with van der Waals surface area (Å²) in [6, 6.07) is 5.32. The molecule has 1 aromatic carbocycles. The molecule has 1 unspecified atom stereocenters. The zero-order valence-electron chi connectivity index (χ0n) is 8.76. The molecule has 2 rings (SSSR count). The molecule has 0 spiro atoms. The summed E-state index contributed by atoms with van der Waals surface area (Å²) in [4.78, 5) is 2.96. The van der Waals surface area contributed by atoms with Crippen LogP contribution in [0.1, 0.15) is 18.9 Å². The van der Waals surface area contributed by atoms with E-state index in [9.17, 15) is 4.39 Å². The summed E-state index contributed by atoms with van der Waals surface area (Å²) in [6.45, 7) is 1.98. The van der Waals surface area contributed by atoms with E-state index < -0.39 is 0 Å². The molecule has 0 amide bonds. The average molecular weight is 206 g/mol. The van der Waals surface area contributed by atoms with Crippen molar-refractivity contribution in [3.05, 3.63) is 35.8 Å². The van der Waals surface area contributed by atoms with Crippen LogP contribution >= 0.6 is 0 Å². The molecule has 0 aliphatic heterocycles. The number of aromatic amines is 1. The Balaban J connectivity index is 2.33. The molecule has 3 N–H and O–H groups in total. The maximum Gasteiger partial charge on any atom is 0.147 e. The van der Waals surface area contributed by atoms with Gasteiger partial charge in [0, 0.05) is 17.6 Å². The lowest BCUT2D eigenvalue weighted by Crippen LogP contribution is -2.15. The molecule has 0 saturated heterocycles. The van der Waals surface area contributed by atoms with Crippen LogP contribution in [-0.2, 0) is 6.42 Å². The van der Waals surface area contributed by atoms with E-state index in [4.69, 9.17) is 5.73 Å². The van der Waals surface area contributed by atoms with E-state index in [1.54, 1.807) is 6.07 Å². The average Bonchev–Trinajstić information content (AvgIpc) is 2.59. The number of rotatable bonds is 3. The number of aromatic nitrogens is 1. The first-order valence-electron chi connectivity index (χ1n) is 5.18. The van der Waals surface area contributed by atoms with Gasteiger partial charge in [-0.3, -0.25) is 0 Å². The molecule has 0 radical (unpaired) electrons. The van der Waals surface area contributed by atoms with E-state index in [1.165, 1.54) is 6.07 Å². The smallest absolute Gasteiger partial charge is 0.147 e. The molecule has 0 bridgehead atoms. The molecule has 2 aromatic rings. The fraction of sp³-hybridized carbons (Fsp3) is 0.333. The number of fused-ring (bicyclic) bond motifs is 1. The lowest BCUT2D eigenvalue weighted by Gasteiger charge is -2.03. The molecule has 0 saturated carbocycles. The van der Waals surface area contributed by atoms with E-state index in [1.807, 2.05) is 19.2 Å². The summed E-state index contributed by atoms with van der Waals surface area (Å²) in [7, 11) is 0. The van der Waals surface area contributed by atoms with Gasteiger partial charge in [0.1, 0.15) is 5.82 Å². The highest BCUT2D eigenvalue weighted by atomic mass is 19.1.